The molecule has 1 aromatic carbocycles. The minimum Gasteiger partial charge on any atom is -0.480 e. The monoisotopic (exact) mass is 327 g/mol. The van der Waals surface area contributed by atoms with E-state index in [9.17, 15) is 9.59 Å². The second kappa shape index (κ2) is 7.53. The lowest BCUT2D eigenvalue weighted by atomic mass is 10.2. The normalized spacial score (nSPS) is 12.2. The Morgan fingerprint density at radius 3 is 2.67 bits per heavy atom. The molecule has 0 aliphatic carbocycles. The number of carboxylic acids is 1. The minimum absolute atomic E-state index is 0.251. The van der Waals surface area contributed by atoms with E-state index in [2.05, 4.69) is 10.6 Å². The van der Waals surface area contributed by atoms with Gasteiger partial charge in [-0.25, -0.2) is 0 Å². The van der Waals surface area contributed by atoms with Crippen LogP contribution in [0.2, 0.25) is 10.0 Å². The van der Waals surface area contributed by atoms with Gasteiger partial charge >= 0.3 is 5.97 Å². The Bertz CT molecular complexity index is 638. The molecular weight excluding hydrogens is 317 g/mol. The topological polar surface area (TPSA) is 102 Å². The molecular formula is C13H11Cl2N3O3. The summed E-state index contributed by atoms with van der Waals surface area (Å²) in [6, 6.07) is 5.22. The first-order valence-electron chi connectivity index (χ1n) is 5.70. The van der Waals surface area contributed by atoms with E-state index in [1.807, 2.05) is 0 Å². The molecule has 0 heterocycles. The Balaban J connectivity index is 2.85. The van der Waals surface area contributed by atoms with Crippen LogP contribution in [-0.2, 0) is 9.59 Å². The molecule has 0 saturated carbocycles. The average molecular weight is 328 g/mol. The number of carbonyl (C=O) groups is 2. The Labute approximate surface area is 131 Å². The van der Waals surface area contributed by atoms with Gasteiger partial charge in [-0.1, -0.05) is 23.2 Å². The summed E-state index contributed by atoms with van der Waals surface area (Å²) in [7, 11) is 0. The predicted molar refractivity (Wildman–Crippen MR) is 79.0 cm³/mol. The van der Waals surface area contributed by atoms with Crippen molar-refractivity contribution >= 4 is 40.8 Å². The van der Waals surface area contributed by atoms with Crippen molar-refractivity contribution in [1.82, 2.24) is 5.32 Å². The lowest BCUT2D eigenvalue weighted by Gasteiger charge is -2.08. The molecule has 0 spiro atoms. The number of halogens is 2. The molecule has 0 radical (unpaired) electrons. The summed E-state index contributed by atoms with van der Waals surface area (Å²) in [5.74, 6) is -1.84. The number of nitrogens with one attached hydrogen (secondary N) is 2. The van der Waals surface area contributed by atoms with Gasteiger partial charge in [0.1, 0.15) is 17.7 Å². The molecule has 21 heavy (non-hydrogen) atoms. The van der Waals surface area contributed by atoms with E-state index < -0.39 is 17.9 Å². The molecule has 3 N–H and O–H groups in total. The molecule has 0 fully saturated rings. The fourth-order valence-corrected chi connectivity index (χ4v) is 1.55. The lowest BCUT2D eigenvalue weighted by Crippen LogP contribution is -2.30. The summed E-state index contributed by atoms with van der Waals surface area (Å²) in [6.45, 7) is 1.37. The Hall–Kier alpha value is -2.23. The standard InChI is InChI=1S/C13H11Cl2N3O3/c1-7(13(20)21)17-6-8(5-16)12(19)18-11-4-9(14)2-3-10(11)15/h2-4,6-7,17H,1H3,(H,18,19)(H,20,21)/b8-6-. The quantitative estimate of drug-likeness (QED) is 0.569. The molecule has 0 bridgehead atoms. The summed E-state index contributed by atoms with van der Waals surface area (Å²) >= 11 is 11.7. The van der Waals surface area contributed by atoms with Gasteiger partial charge < -0.3 is 15.7 Å². The van der Waals surface area contributed by atoms with Gasteiger partial charge in [0.2, 0.25) is 0 Å². The molecule has 1 rings (SSSR count). The van der Waals surface area contributed by atoms with Crippen LogP contribution in [0, 0.1) is 11.3 Å². The number of aliphatic carboxylic acids is 1. The van der Waals surface area contributed by atoms with Gasteiger partial charge in [0.15, 0.2) is 0 Å². The Morgan fingerprint density at radius 2 is 2.10 bits per heavy atom. The number of carbonyl (C=O) groups excluding carboxylic acids is 1. The highest BCUT2D eigenvalue weighted by molar-refractivity contribution is 6.35. The highest BCUT2D eigenvalue weighted by atomic mass is 35.5. The average Bonchev–Trinajstić information content (AvgIpc) is 2.43. The van der Waals surface area contributed by atoms with Gasteiger partial charge in [-0.05, 0) is 25.1 Å². The molecule has 0 saturated heterocycles. The molecule has 1 unspecified atom stereocenters. The highest BCUT2D eigenvalue weighted by Gasteiger charge is 2.13. The summed E-state index contributed by atoms with van der Waals surface area (Å²) in [4.78, 5) is 22.5. The number of benzene rings is 1. The van der Waals surface area contributed by atoms with Crippen LogP contribution in [0.5, 0.6) is 0 Å². The third-order valence-electron chi connectivity index (χ3n) is 2.39. The van der Waals surface area contributed by atoms with E-state index in [-0.39, 0.29) is 16.3 Å². The van der Waals surface area contributed by atoms with Crippen LogP contribution in [-0.4, -0.2) is 23.0 Å². The molecule has 0 aliphatic rings. The highest BCUT2D eigenvalue weighted by Crippen LogP contribution is 2.25. The van der Waals surface area contributed by atoms with E-state index in [0.29, 0.717) is 5.02 Å². The zero-order valence-corrected chi connectivity index (χ0v) is 12.4. The van der Waals surface area contributed by atoms with Crippen LogP contribution in [0.4, 0.5) is 5.69 Å². The molecule has 1 atom stereocenters. The summed E-state index contributed by atoms with van der Waals surface area (Å²) in [5, 5.41) is 23.1. The number of amides is 1. The van der Waals surface area contributed by atoms with Gasteiger partial charge in [0.05, 0.1) is 10.7 Å². The molecule has 0 aliphatic heterocycles. The number of hydrogen-bond donors (Lipinski definition) is 3. The zero-order valence-electron chi connectivity index (χ0n) is 10.9. The van der Waals surface area contributed by atoms with E-state index >= 15 is 0 Å². The van der Waals surface area contributed by atoms with Crippen molar-refractivity contribution < 1.29 is 14.7 Å². The third kappa shape index (κ3) is 4.99. The number of anilines is 1. The van der Waals surface area contributed by atoms with Gasteiger partial charge in [-0.2, -0.15) is 5.26 Å². The maximum Gasteiger partial charge on any atom is 0.325 e. The Kier molecular flexibility index (Phi) is 6.03. The van der Waals surface area contributed by atoms with Crippen molar-refractivity contribution in [3.63, 3.8) is 0 Å². The van der Waals surface area contributed by atoms with Gasteiger partial charge in [-0.15, -0.1) is 0 Å². The molecule has 110 valence electrons. The van der Waals surface area contributed by atoms with Crippen molar-refractivity contribution in [2.75, 3.05) is 5.32 Å². The van der Waals surface area contributed by atoms with Crippen molar-refractivity contribution in [3.8, 4) is 6.07 Å². The lowest BCUT2D eigenvalue weighted by molar-refractivity contribution is -0.138. The summed E-state index contributed by atoms with van der Waals surface area (Å²) < 4.78 is 0. The van der Waals surface area contributed by atoms with E-state index in [1.54, 1.807) is 12.1 Å². The SMILES string of the molecule is CC(N/C=C(/C#N)C(=O)Nc1cc(Cl)ccc1Cl)C(=O)O. The molecule has 0 aromatic heterocycles. The van der Waals surface area contributed by atoms with E-state index in [4.69, 9.17) is 33.6 Å². The fourth-order valence-electron chi connectivity index (χ4n) is 1.21. The second-order valence-electron chi connectivity index (χ2n) is 3.97. The van der Waals surface area contributed by atoms with E-state index in [1.165, 1.54) is 19.1 Å². The van der Waals surface area contributed by atoms with E-state index in [0.717, 1.165) is 6.20 Å². The van der Waals surface area contributed by atoms with Crippen LogP contribution in [0.1, 0.15) is 6.92 Å². The maximum atomic E-state index is 11.9. The smallest absolute Gasteiger partial charge is 0.325 e. The van der Waals surface area contributed by atoms with Crippen molar-refractivity contribution in [2.24, 2.45) is 0 Å². The summed E-state index contributed by atoms with van der Waals surface area (Å²) in [5.41, 5.74) is -0.0410. The van der Waals surface area contributed by atoms with Gasteiger partial charge in [0, 0.05) is 11.2 Å². The number of nitriles is 1. The number of rotatable bonds is 5. The molecule has 1 amide bonds. The number of nitrogens with zero attached hydrogens (tertiary/aromatic N) is 1. The largest absolute Gasteiger partial charge is 0.480 e. The van der Waals surface area contributed by atoms with Crippen molar-refractivity contribution in [2.45, 2.75) is 13.0 Å². The van der Waals surface area contributed by atoms with Crippen molar-refractivity contribution in [3.05, 3.63) is 40.0 Å². The predicted octanol–water partition coefficient (Wildman–Crippen LogP) is 2.40. The van der Waals surface area contributed by atoms with Crippen LogP contribution >= 0.6 is 23.2 Å². The third-order valence-corrected chi connectivity index (χ3v) is 2.95. The summed E-state index contributed by atoms with van der Waals surface area (Å²) in [6.07, 6.45) is 1.03. The molecule has 6 nitrogen and oxygen atoms in total. The van der Waals surface area contributed by atoms with Crippen LogP contribution in [0.15, 0.2) is 30.0 Å². The minimum atomic E-state index is -1.11. The number of carboxylic acid groups (broad SMARTS) is 1. The van der Waals surface area contributed by atoms with Crippen LogP contribution < -0.4 is 10.6 Å². The second-order valence-corrected chi connectivity index (χ2v) is 4.82. The van der Waals surface area contributed by atoms with Crippen LogP contribution in [0.3, 0.4) is 0 Å². The zero-order chi connectivity index (χ0) is 16.0. The van der Waals surface area contributed by atoms with Crippen molar-refractivity contribution in [1.29, 1.82) is 5.26 Å². The first-order chi connectivity index (χ1) is 9.85. The maximum absolute atomic E-state index is 11.9. The van der Waals surface area contributed by atoms with Gasteiger partial charge in [0.25, 0.3) is 5.91 Å². The molecule has 8 heteroatoms. The fraction of sp³-hybridized carbons (Fsp3) is 0.154. The first kappa shape index (κ1) is 16.8. The van der Waals surface area contributed by atoms with Crippen LogP contribution in [0.25, 0.3) is 0 Å². The van der Waals surface area contributed by atoms with Gasteiger partial charge in [-0.3, -0.25) is 9.59 Å². The number of hydrogen-bond acceptors (Lipinski definition) is 4. The first-order valence-corrected chi connectivity index (χ1v) is 6.46. The Morgan fingerprint density at radius 1 is 1.43 bits per heavy atom. The molecule has 1 aromatic rings.